The second-order valence-corrected chi connectivity index (χ2v) is 3.54. The van der Waals surface area contributed by atoms with E-state index in [0.717, 1.165) is 11.3 Å². The fraction of sp³-hybridized carbons (Fsp3) is 0.455. The SMILES string of the molecule is COc1ccccc1C1CC(F)CN1.Cl. The molecule has 0 saturated carbocycles. The van der Waals surface area contributed by atoms with Crippen LogP contribution in [0.2, 0.25) is 0 Å². The van der Waals surface area contributed by atoms with Gasteiger partial charge in [0, 0.05) is 18.2 Å². The first-order chi connectivity index (χ1) is 6.81. The van der Waals surface area contributed by atoms with Gasteiger partial charge in [0.05, 0.1) is 7.11 Å². The van der Waals surface area contributed by atoms with E-state index in [1.165, 1.54) is 0 Å². The Kier molecular flexibility index (Phi) is 4.36. The van der Waals surface area contributed by atoms with Crippen molar-refractivity contribution in [2.45, 2.75) is 18.6 Å². The summed E-state index contributed by atoms with van der Waals surface area (Å²) in [7, 11) is 1.64. The van der Waals surface area contributed by atoms with Crippen molar-refractivity contribution in [1.29, 1.82) is 0 Å². The first kappa shape index (κ1) is 12.3. The summed E-state index contributed by atoms with van der Waals surface area (Å²) in [5, 5.41) is 3.14. The summed E-state index contributed by atoms with van der Waals surface area (Å²) in [6.45, 7) is 0.447. The third kappa shape index (κ3) is 2.61. The molecule has 2 nitrogen and oxygen atoms in total. The van der Waals surface area contributed by atoms with E-state index in [1.54, 1.807) is 7.11 Å². The average Bonchev–Trinajstić information content (AvgIpc) is 2.65. The molecule has 2 unspecified atom stereocenters. The lowest BCUT2D eigenvalue weighted by Crippen LogP contribution is -2.14. The predicted molar refractivity (Wildman–Crippen MR) is 60.5 cm³/mol. The van der Waals surface area contributed by atoms with Crippen LogP contribution >= 0.6 is 12.4 Å². The van der Waals surface area contributed by atoms with Gasteiger partial charge in [0.2, 0.25) is 0 Å². The van der Waals surface area contributed by atoms with Crippen LogP contribution in [0.3, 0.4) is 0 Å². The topological polar surface area (TPSA) is 21.3 Å². The van der Waals surface area contributed by atoms with Crippen molar-refractivity contribution in [2.24, 2.45) is 0 Å². The molecule has 0 aliphatic carbocycles. The lowest BCUT2D eigenvalue weighted by Gasteiger charge is -2.14. The zero-order chi connectivity index (χ0) is 9.97. The van der Waals surface area contributed by atoms with Crippen LogP contribution in [0.1, 0.15) is 18.0 Å². The number of halogens is 2. The van der Waals surface area contributed by atoms with Crippen LogP contribution in [0.4, 0.5) is 4.39 Å². The molecule has 1 N–H and O–H groups in total. The Bertz CT molecular complexity index is 321. The van der Waals surface area contributed by atoms with Gasteiger partial charge in [0.1, 0.15) is 11.9 Å². The Hall–Kier alpha value is -0.800. The zero-order valence-electron chi connectivity index (χ0n) is 8.57. The molecule has 4 heteroatoms. The second kappa shape index (κ2) is 5.33. The molecule has 2 atom stereocenters. The standard InChI is InChI=1S/C11H14FNO.ClH/c1-14-11-5-3-2-4-9(11)10-6-8(12)7-13-10;/h2-5,8,10,13H,6-7H2,1H3;1H. The third-order valence-electron chi connectivity index (χ3n) is 2.59. The number of nitrogens with one attached hydrogen (secondary N) is 1. The van der Waals surface area contributed by atoms with E-state index in [0.29, 0.717) is 13.0 Å². The third-order valence-corrected chi connectivity index (χ3v) is 2.59. The molecule has 0 radical (unpaired) electrons. The Labute approximate surface area is 95.2 Å². The van der Waals surface area contributed by atoms with E-state index in [9.17, 15) is 4.39 Å². The van der Waals surface area contributed by atoms with Crippen LogP contribution < -0.4 is 10.1 Å². The number of hydrogen-bond donors (Lipinski definition) is 1. The maximum Gasteiger partial charge on any atom is 0.123 e. The molecule has 0 aromatic heterocycles. The van der Waals surface area contributed by atoms with E-state index in [1.807, 2.05) is 24.3 Å². The van der Waals surface area contributed by atoms with Crippen molar-refractivity contribution in [3.63, 3.8) is 0 Å². The molecule has 1 aliphatic heterocycles. The number of alkyl halides is 1. The van der Waals surface area contributed by atoms with Gasteiger partial charge in [0.15, 0.2) is 0 Å². The minimum absolute atomic E-state index is 0. The van der Waals surface area contributed by atoms with Crippen LogP contribution in [-0.2, 0) is 0 Å². The largest absolute Gasteiger partial charge is 0.496 e. The van der Waals surface area contributed by atoms with Gasteiger partial charge < -0.3 is 10.1 Å². The van der Waals surface area contributed by atoms with Crippen LogP contribution in [0.15, 0.2) is 24.3 Å². The van der Waals surface area contributed by atoms with E-state index < -0.39 is 6.17 Å². The normalized spacial score (nSPS) is 24.7. The fourth-order valence-electron chi connectivity index (χ4n) is 1.88. The molecule has 1 aromatic rings. The van der Waals surface area contributed by atoms with Gasteiger partial charge in [0.25, 0.3) is 0 Å². The van der Waals surface area contributed by atoms with Crippen molar-refractivity contribution in [1.82, 2.24) is 5.32 Å². The van der Waals surface area contributed by atoms with E-state index in [4.69, 9.17) is 4.74 Å². The summed E-state index contributed by atoms with van der Waals surface area (Å²) >= 11 is 0. The Morgan fingerprint density at radius 2 is 2.13 bits per heavy atom. The molecule has 1 saturated heterocycles. The van der Waals surface area contributed by atoms with Gasteiger partial charge in [-0.15, -0.1) is 12.4 Å². The number of ether oxygens (including phenoxy) is 1. The molecule has 2 rings (SSSR count). The van der Waals surface area contributed by atoms with Gasteiger partial charge in [-0.05, 0) is 12.5 Å². The molecule has 1 fully saturated rings. The smallest absolute Gasteiger partial charge is 0.123 e. The Morgan fingerprint density at radius 3 is 2.73 bits per heavy atom. The molecular weight excluding hydrogens is 217 g/mol. The first-order valence-corrected chi connectivity index (χ1v) is 4.81. The van der Waals surface area contributed by atoms with Crippen molar-refractivity contribution in [2.75, 3.05) is 13.7 Å². The number of hydrogen-bond acceptors (Lipinski definition) is 2. The molecule has 1 aromatic carbocycles. The highest BCUT2D eigenvalue weighted by molar-refractivity contribution is 5.85. The van der Waals surface area contributed by atoms with Crippen LogP contribution in [0, 0.1) is 0 Å². The lowest BCUT2D eigenvalue weighted by molar-refractivity contribution is 0.354. The summed E-state index contributed by atoms with van der Waals surface area (Å²) in [5.41, 5.74) is 1.05. The number of para-hydroxylation sites is 1. The molecule has 0 amide bonds. The van der Waals surface area contributed by atoms with E-state index >= 15 is 0 Å². The van der Waals surface area contributed by atoms with Crippen molar-refractivity contribution in [3.05, 3.63) is 29.8 Å². The minimum atomic E-state index is -0.732. The molecule has 84 valence electrons. The fourth-order valence-corrected chi connectivity index (χ4v) is 1.88. The Morgan fingerprint density at radius 1 is 1.40 bits per heavy atom. The highest BCUT2D eigenvalue weighted by atomic mass is 35.5. The van der Waals surface area contributed by atoms with Crippen LogP contribution in [0.25, 0.3) is 0 Å². The average molecular weight is 232 g/mol. The van der Waals surface area contributed by atoms with Crippen LogP contribution in [-0.4, -0.2) is 19.8 Å². The zero-order valence-corrected chi connectivity index (χ0v) is 9.39. The summed E-state index contributed by atoms with van der Waals surface area (Å²) in [6, 6.07) is 7.85. The van der Waals surface area contributed by atoms with Gasteiger partial charge in [-0.3, -0.25) is 0 Å². The molecule has 1 aliphatic rings. The molecule has 0 spiro atoms. The van der Waals surface area contributed by atoms with Crippen molar-refractivity contribution in [3.8, 4) is 5.75 Å². The maximum absolute atomic E-state index is 13.0. The molecule has 1 heterocycles. The summed E-state index contributed by atoms with van der Waals surface area (Å²) in [5.74, 6) is 0.833. The first-order valence-electron chi connectivity index (χ1n) is 4.81. The summed E-state index contributed by atoms with van der Waals surface area (Å²) in [6.07, 6.45) is -0.190. The van der Waals surface area contributed by atoms with Crippen molar-refractivity contribution >= 4 is 12.4 Å². The predicted octanol–water partition coefficient (Wildman–Crippen LogP) is 2.49. The van der Waals surface area contributed by atoms with E-state index in [2.05, 4.69) is 5.32 Å². The van der Waals surface area contributed by atoms with Gasteiger partial charge >= 0.3 is 0 Å². The van der Waals surface area contributed by atoms with E-state index in [-0.39, 0.29) is 18.4 Å². The highest BCUT2D eigenvalue weighted by Crippen LogP contribution is 2.31. The number of benzene rings is 1. The minimum Gasteiger partial charge on any atom is -0.496 e. The lowest BCUT2D eigenvalue weighted by atomic mass is 10.0. The van der Waals surface area contributed by atoms with Gasteiger partial charge in [-0.1, -0.05) is 18.2 Å². The number of rotatable bonds is 2. The van der Waals surface area contributed by atoms with Crippen molar-refractivity contribution < 1.29 is 9.13 Å². The molecule has 15 heavy (non-hydrogen) atoms. The molecule has 0 bridgehead atoms. The monoisotopic (exact) mass is 231 g/mol. The molecular formula is C11H15ClFNO. The summed E-state index contributed by atoms with van der Waals surface area (Å²) < 4.78 is 18.2. The highest BCUT2D eigenvalue weighted by Gasteiger charge is 2.26. The second-order valence-electron chi connectivity index (χ2n) is 3.54. The van der Waals surface area contributed by atoms with Gasteiger partial charge in [-0.25, -0.2) is 4.39 Å². The maximum atomic E-state index is 13.0. The summed E-state index contributed by atoms with van der Waals surface area (Å²) in [4.78, 5) is 0. The van der Waals surface area contributed by atoms with Gasteiger partial charge in [-0.2, -0.15) is 0 Å². The number of methoxy groups -OCH3 is 1. The van der Waals surface area contributed by atoms with Crippen LogP contribution in [0.5, 0.6) is 5.75 Å². The quantitative estimate of drug-likeness (QED) is 0.845. The Balaban J connectivity index is 0.00000112.